The summed E-state index contributed by atoms with van der Waals surface area (Å²) in [6.45, 7) is 7.14. The van der Waals surface area contributed by atoms with Crippen molar-refractivity contribution in [3.05, 3.63) is 0 Å². The first kappa shape index (κ1) is 85.1. The van der Waals surface area contributed by atoms with E-state index in [9.17, 15) is 43.2 Å². The molecular formula is C68H132O17P2. The first-order valence-electron chi connectivity index (χ1n) is 35.6. The SMILES string of the molecule is CCCCCCCCCCCCCCCCCCCC(=O)O[C@H](COC(=O)CCCCCCCCCCCCC)COP(=O)(O)OC[C@@H](O)COP(=O)(O)OC[C@@H](COC(=O)CCCCCCCCC(C)C)OC(=O)CCCCCCCCCCCC. The van der Waals surface area contributed by atoms with Gasteiger partial charge in [0.15, 0.2) is 12.2 Å². The summed E-state index contributed by atoms with van der Waals surface area (Å²) in [4.78, 5) is 72.3. The lowest BCUT2D eigenvalue weighted by atomic mass is 10.0. The molecule has 0 fully saturated rings. The van der Waals surface area contributed by atoms with Gasteiger partial charge in [0, 0.05) is 25.7 Å². The van der Waals surface area contributed by atoms with Gasteiger partial charge in [0.2, 0.25) is 0 Å². The van der Waals surface area contributed by atoms with E-state index >= 15 is 0 Å². The van der Waals surface area contributed by atoms with Crippen LogP contribution < -0.4 is 0 Å². The van der Waals surface area contributed by atoms with Gasteiger partial charge in [-0.1, -0.05) is 298 Å². The van der Waals surface area contributed by atoms with E-state index in [-0.39, 0.29) is 25.7 Å². The summed E-state index contributed by atoms with van der Waals surface area (Å²) in [6, 6.07) is 0. The Bertz CT molecular complexity index is 1690. The molecule has 19 heteroatoms. The number of aliphatic hydroxyl groups excluding tert-OH is 1. The number of aliphatic hydroxyl groups is 1. The van der Waals surface area contributed by atoms with Crippen molar-refractivity contribution in [2.45, 2.75) is 368 Å². The molecule has 0 spiro atoms. The van der Waals surface area contributed by atoms with E-state index in [1.807, 2.05) is 0 Å². The predicted molar refractivity (Wildman–Crippen MR) is 349 cm³/mol. The Labute approximate surface area is 530 Å². The number of hydrogen-bond donors (Lipinski definition) is 3. The third-order valence-electron chi connectivity index (χ3n) is 15.8. The minimum atomic E-state index is -4.95. The maximum absolute atomic E-state index is 13.0. The number of carbonyl (C=O) groups is 4. The maximum atomic E-state index is 13.0. The molecule has 0 radical (unpaired) electrons. The molecule has 0 aromatic carbocycles. The van der Waals surface area contributed by atoms with Crippen LogP contribution in [0.5, 0.6) is 0 Å². The smallest absolute Gasteiger partial charge is 0.462 e. The number of hydrogen-bond acceptors (Lipinski definition) is 15. The molecule has 5 atom stereocenters. The lowest BCUT2D eigenvalue weighted by molar-refractivity contribution is -0.161. The van der Waals surface area contributed by atoms with E-state index < -0.39 is 97.5 Å². The Morgan fingerprint density at radius 3 is 0.782 bits per heavy atom. The van der Waals surface area contributed by atoms with Crippen LogP contribution >= 0.6 is 15.6 Å². The summed E-state index contributed by atoms with van der Waals surface area (Å²) in [5.74, 6) is -1.45. The molecule has 0 heterocycles. The minimum absolute atomic E-state index is 0.106. The summed E-state index contributed by atoms with van der Waals surface area (Å²) in [5.41, 5.74) is 0. The van der Waals surface area contributed by atoms with Crippen molar-refractivity contribution >= 4 is 39.5 Å². The number of carbonyl (C=O) groups excluding carboxylic acids is 4. The third-order valence-corrected chi connectivity index (χ3v) is 17.7. The van der Waals surface area contributed by atoms with Crippen molar-refractivity contribution in [3.8, 4) is 0 Å². The zero-order valence-corrected chi connectivity index (χ0v) is 57.9. The number of phosphoric ester groups is 2. The van der Waals surface area contributed by atoms with Crippen molar-refractivity contribution in [1.82, 2.24) is 0 Å². The second-order valence-corrected chi connectivity index (χ2v) is 27.9. The largest absolute Gasteiger partial charge is 0.472 e. The maximum Gasteiger partial charge on any atom is 0.472 e. The Morgan fingerprint density at radius 2 is 0.529 bits per heavy atom. The quantitative estimate of drug-likeness (QED) is 0.0222. The van der Waals surface area contributed by atoms with Crippen molar-refractivity contribution in [2.75, 3.05) is 39.6 Å². The van der Waals surface area contributed by atoms with E-state index in [2.05, 4.69) is 34.6 Å². The lowest BCUT2D eigenvalue weighted by Gasteiger charge is -2.21. The van der Waals surface area contributed by atoms with Gasteiger partial charge in [-0.3, -0.25) is 37.3 Å². The van der Waals surface area contributed by atoms with Crippen molar-refractivity contribution in [1.29, 1.82) is 0 Å². The van der Waals surface area contributed by atoms with Crippen LogP contribution in [-0.4, -0.2) is 96.7 Å². The lowest BCUT2D eigenvalue weighted by Crippen LogP contribution is -2.30. The number of ether oxygens (including phenoxy) is 4. The normalized spacial score (nSPS) is 14.1. The van der Waals surface area contributed by atoms with Crippen LogP contribution in [0.3, 0.4) is 0 Å². The van der Waals surface area contributed by atoms with Crippen LogP contribution in [0.1, 0.15) is 349 Å². The van der Waals surface area contributed by atoms with Crippen LogP contribution in [0.15, 0.2) is 0 Å². The number of phosphoric acid groups is 2. The molecule has 516 valence electrons. The topological polar surface area (TPSA) is 237 Å². The Kier molecular flexibility index (Phi) is 60.2. The molecular weight excluding hydrogens is 1150 g/mol. The zero-order chi connectivity index (χ0) is 64.2. The monoisotopic (exact) mass is 1280 g/mol. The van der Waals surface area contributed by atoms with Crippen LogP contribution in [0.4, 0.5) is 0 Å². The number of unbranched alkanes of at least 4 members (excludes halogenated alkanes) is 40. The number of esters is 4. The van der Waals surface area contributed by atoms with Gasteiger partial charge >= 0.3 is 39.5 Å². The van der Waals surface area contributed by atoms with Gasteiger partial charge in [0.05, 0.1) is 26.4 Å². The predicted octanol–water partition coefficient (Wildman–Crippen LogP) is 19.4. The van der Waals surface area contributed by atoms with Gasteiger partial charge in [-0.25, -0.2) is 9.13 Å². The molecule has 17 nitrogen and oxygen atoms in total. The molecule has 0 amide bonds. The minimum Gasteiger partial charge on any atom is -0.462 e. The standard InChI is InChI=1S/C68H132O17P2/c1-6-9-12-15-18-21-24-25-26-27-28-29-31-34-37-44-49-54-68(73)84-63(57-78-65(70)51-46-41-35-33-30-22-19-16-13-10-7-2)59-82-86(74,75)80-55-62(69)56-81-87(76,77)83-60-64(58-79-66(71)52-47-42-39-38-40-45-50-61(4)5)85-67(72)53-48-43-36-32-23-20-17-14-11-8-3/h61-64,69H,6-60H2,1-5H3,(H,74,75)(H,76,77)/t62-,63-,64-/m1/s1. The highest BCUT2D eigenvalue weighted by molar-refractivity contribution is 7.47. The van der Waals surface area contributed by atoms with Crippen LogP contribution in [0, 0.1) is 5.92 Å². The highest BCUT2D eigenvalue weighted by Crippen LogP contribution is 2.45. The average molecular weight is 1280 g/mol. The molecule has 0 rings (SSSR count). The summed E-state index contributed by atoms with van der Waals surface area (Å²) in [5, 5.41) is 10.6. The first-order chi connectivity index (χ1) is 42.0. The van der Waals surface area contributed by atoms with Gasteiger partial charge in [-0.15, -0.1) is 0 Å². The zero-order valence-electron chi connectivity index (χ0n) is 56.2. The van der Waals surface area contributed by atoms with E-state index in [0.29, 0.717) is 31.6 Å². The van der Waals surface area contributed by atoms with Gasteiger partial charge in [-0.2, -0.15) is 0 Å². The number of rotatable bonds is 68. The molecule has 0 aliphatic heterocycles. The van der Waals surface area contributed by atoms with E-state index in [4.69, 9.17) is 37.0 Å². The molecule has 0 bridgehead atoms. The van der Waals surface area contributed by atoms with E-state index in [1.54, 1.807) is 0 Å². The Morgan fingerprint density at radius 1 is 0.310 bits per heavy atom. The molecule has 3 N–H and O–H groups in total. The summed E-state index contributed by atoms with van der Waals surface area (Å²) in [7, 11) is -9.89. The highest BCUT2D eigenvalue weighted by atomic mass is 31.2. The average Bonchev–Trinajstić information content (AvgIpc) is 3.70. The van der Waals surface area contributed by atoms with E-state index in [1.165, 1.54) is 167 Å². The summed E-state index contributed by atoms with van der Waals surface area (Å²) in [6.07, 6.45) is 47.3. The Hall–Kier alpha value is -1.94. The molecule has 87 heavy (non-hydrogen) atoms. The molecule has 2 unspecified atom stereocenters. The van der Waals surface area contributed by atoms with Crippen molar-refractivity contribution in [3.63, 3.8) is 0 Å². The van der Waals surface area contributed by atoms with Gasteiger partial charge < -0.3 is 33.8 Å². The third kappa shape index (κ3) is 62.6. The molecule has 0 saturated carbocycles. The highest BCUT2D eigenvalue weighted by Gasteiger charge is 2.30. The summed E-state index contributed by atoms with van der Waals surface area (Å²) >= 11 is 0. The molecule has 0 aliphatic rings. The van der Waals surface area contributed by atoms with Crippen molar-refractivity contribution < 1.29 is 80.2 Å². The van der Waals surface area contributed by atoms with Gasteiger partial charge in [0.25, 0.3) is 0 Å². The van der Waals surface area contributed by atoms with Gasteiger partial charge in [-0.05, 0) is 31.6 Å². The van der Waals surface area contributed by atoms with Crippen LogP contribution in [-0.2, 0) is 65.4 Å². The van der Waals surface area contributed by atoms with Gasteiger partial charge in [0.1, 0.15) is 19.3 Å². The summed E-state index contributed by atoms with van der Waals surface area (Å²) < 4.78 is 68.1. The second kappa shape index (κ2) is 61.6. The fourth-order valence-electron chi connectivity index (χ4n) is 10.3. The second-order valence-electron chi connectivity index (χ2n) is 25.0. The van der Waals surface area contributed by atoms with Crippen LogP contribution in [0.2, 0.25) is 0 Å². The molecule has 0 aromatic rings. The van der Waals surface area contributed by atoms with E-state index in [0.717, 1.165) is 96.3 Å². The Balaban J connectivity index is 5.20. The van der Waals surface area contributed by atoms with Crippen molar-refractivity contribution in [2.24, 2.45) is 5.92 Å². The molecule has 0 aliphatic carbocycles. The fourth-order valence-corrected chi connectivity index (χ4v) is 11.9. The first-order valence-corrected chi connectivity index (χ1v) is 38.6. The van der Waals surface area contributed by atoms with Crippen LogP contribution in [0.25, 0.3) is 0 Å². The fraction of sp³-hybridized carbons (Fsp3) is 0.941. The molecule has 0 saturated heterocycles. The molecule has 0 aromatic heterocycles.